The highest BCUT2D eigenvalue weighted by atomic mass is 16.2. The average molecular weight is 731 g/mol. The summed E-state index contributed by atoms with van der Waals surface area (Å²) in [6.07, 6.45) is 12.8. The first-order valence-electron chi connectivity index (χ1n) is 21.5. The van der Waals surface area contributed by atoms with Gasteiger partial charge in [-0.15, -0.1) is 0 Å². The molecule has 0 bridgehead atoms. The van der Waals surface area contributed by atoms with E-state index in [0.717, 1.165) is 102 Å². The van der Waals surface area contributed by atoms with Crippen LogP contribution in [0.4, 0.5) is 0 Å². The Labute approximate surface area is 322 Å². The zero-order valence-electron chi connectivity index (χ0n) is 34.8. The number of aryl methyl sites for hydroxylation is 4. The number of amides is 4. The molecule has 4 amide bonds. The van der Waals surface area contributed by atoms with Gasteiger partial charge < -0.3 is 0 Å². The molecule has 6 rings (SSSR count). The smallest absolute Gasteiger partial charge is 0.262 e. The van der Waals surface area contributed by atoms with E-state index in [2.05, 4.69) is 74.6 Å². The lowest BCUT2D eigenvalue weighted by atomic mass is 9.72. The van der Waals surface area contributed by atoms with E-state index in [0.29, 0.717) is 65.1 Å². The third kappa shape index (κ3) is 5.63. The fourth-order valence-corrected chi connectivity index (χ4v) is 10.8. The molecule has 0 saturated heterocycles. The van der Waals surface area contributed by atoms with Gasteiger partial charge in [0.2, 0.25) is 0 Å². The molecule has 0 spiro atoms. The zero-order valence-corrected chi connectivity index (χ0v) is 34.8. The van der Waals surface area contributed by atoms with Crippen molar-refractivity contribution in [3.63, 3.8) is 0 Å². The second-order valence-electron chi connectivity index (χ2n) is 15.4. The number of unbranched alkanes of at least 4 members (excludes halogenated alkanes) is 4. The normalized spacial score (nSPS) is 14.7. The average Bonchev–Trinajstić information content (AvgIpc) is 3.17. The third-order valence-electron chi connectivity index (χ3n) is 13.0. The van der Waals surface area contributed by atoms with Crippen LogP contribution in [0.5, 0.6) is 0 Å². The molecule has 6 nitrogen and oxygen atoms in total. The van der Waals surface area contributed by atoms with Crippen molar-refractivity contribution in [3.8, 4) is 0 Å². The van der Waals surface area contributed by atoms with Crippen LogP contribution in [0.1, 0.15) is 200 Å². The first-order chi connectivity index (χ1) is 26.1. The monoisotopic (exact) mass is 730 g/mol. The zero-order chi connectivity index (χ0) is 39.2. The van der Waals surface area contributed by atoms with E-state index in [1.165, 1.54) is 28.7 Å². The van der Waals surface area contributed by atoms with Gasteiger partial charge in [0.05, 0.1) is 22.3 Å². The molecule has 1 atom stereocenters. The van der Waals surface area contributed by atoms with Gasteiger partial charge in [0.1, 0.15) is 0 Å². The van der Waals surface area contributed by atoms with Crippen LogP contribution < -0.4 is 5.32 Å². The standard InChI is InChI=1S/C48H62N2O4/c1-11-21-22-23-24-25-26(12-2)50-47(53)43-37-33(19-9)29(15-5)27(13-3)31(17-7)35(37)41-39-40(43)44(48(50)54)38-34(20-10)30(16-6)28(14-4)32(18-8)36(38)42(39)46(52)49-45(41)51/h26H,11-25H2,1-10H3,(H,49,51,52). The number of carbonyl (C=O) groups excluding carboxylic acids is 4. The number of benzene rings is 4. The summed E-state index contributed by atoms with van der Waals surface area (Å²) in [4.78, 5) is 62.0. The molecule has 0 saturated carbocycles. The quantitative estimate of drug-likeness (QED) is 0.0707. The van der Waals surface area contributed by atoms with E-state index < -0.39 is 11.8 Å². The number of hydrogen-bond acceptors (Lipinski definition) is 4. The Hall–Kier alpha value is -4.06. The van der Waals surface area contributed by atoms with Crippen LogP contribution in [-0.4, -0.2) is 34.6 Å². The predicted octanol–water partition coefficient (Wildman–Crippen LogP) is 11.3. The Morgan fingerprint density at radius 1 is 0.407 bits per heavy atom. The summed E-state index contributed by atoms with van der Waals surface area (Å²) in [6.45, 7) is 21.6. The number of carbonyl (C=O) groups is 4. The fourth-order valence-electron chi connectivity index (χ4n) is 10.8. The molecule has 1 N–H and O–H groups in total. The molecule has 1 unspecified atom stereocenters. The number of nitrogens with one attached hydrogen (secondary N) is 1. The molecule has 288 valence electrons. The topological polar surface area (TPSA) is 83.6 Å². The first kappa shape index (κ1) is 39.6. The van der Waals surface area contributed by atoms with Gasteiger partial charge in [-0.1, -0.05) is 101 Å². The third-order valence-corrected chi connectivity index (χ3v) is 13.0. The van der Waals surface area contributed by atoms with Gasteiger partial charge in [-0.2, -0.15) is 0 Å². The van der Waals surface area contributed by atoms with Crippen molar-refractivity contribution < 1.29 is 19.2 Å². The van der Waals surface area contributed by atoms with Gasteiger partial charge in [0.15, 0.2) is 0 Å². The van der Waals surface area contributed by atoms with Crippen molar-refractivity contribution in [2.24, 2.45) is 0 Å². The SMILES string of the molecule is CCCCCCCC(CC)N1C(=O)c2c3c(CC)c(CC)c(CC)c(CC)c3c3c4c(c5c(CC)c(CC)c(CC)c(CC)c5c(c24)C1=O)C(=O)NC3=O. The summed E-state index contributed by atoms with van der Waals surface area (Å²) in [5.74, 6) is -1.42. The highest BCUT2D eigenvalue weighted by Crippen LogP contribution is 2.51. The maximum atomic E-state index is 15.6. The van der Waals surface area contributed by atoms with E-state index in [1.54, 1.807) is 4.90 Å². The van der Waals surface area contributed by atoms with Crippen molar-refractivity contribution in [1.29, 1.82) is 0 Å². The Balaban J connectivity index is 1.97. The second-order valence-corrected chi connectivity index (χ2v) is 15.4. The highest BCUT2D eigenvalue weighted by molar-refractivity contribution is 6.44. The predicted molar refractivity (Wildman–Crippen MR) is 224 cm³/mol. The molecule has 0 fully saturated rings. The maximum absolute atomic E-state index is 15.6. The van der Waals surface area contributed by atoms with Crippen molar-refractivity contribution in [2.45, 2.75) is 172 Å². The molecule has 0 aliphatic carbocycles. The summed E-state index contributed by atoms with van der Waals surface area (Å²) < 4.78 is 0. The van der Waals surface area contributed by atoms with Gasteiger partial charge in [-0.25, -0.2) is 0 Å². The van der Waals surface area contributed by atoms with E-state index in [1.807, 2.05) is 0 Å². The fraction of sp³-hybridized carbons (Fsp3) is 0.542. The Bertz CT molecular complexity index is 2080. The summed E-state index contributed by atoms with van der Waals surface area (Å²) in [6, 6.07) is -0.260. The van der Waals surface area contributed by atoms with Crippen molar-refractivity contribution in [3.05, 3.63) is 66.8 Å². The number of nitrogens with zero attached hydrogens (tertiary/aromatic N) is 1. The van der Waals surface area contributed by atoms with Crippen LogP contribution in [0.2, 0.25) is 0 Å². The molecule has 6 heteroatoms. The molecule has 0 radical (unpaired) electrons. The molecule has 54 heavy (non-hydrogen) atoms. The van der Waals surface area contributed by atoms with E-state index in [-0.39, 0.29) is 17.9 Å². The Kier molecular flexibility index (Phi) is 11.7. The Morgan fingerprint density at radius 2 is 0.741 bits per heavy atom. The lowest BCUT2D eigenvalue weighted by molar-refractivity contribution is 0.0525. The highest BCUT2D eigenvalue weighted by Gasteiger charge is 2.45. The van der Waals surface area contributed by atoms with Gasteiger partial charge in [-0.05, 0) is 130 Å². The Morgan fingerprint density at radius 3 is 1.07 bits per heavy atom. The summed E-state index contributed by atoms with van der Waals surface area (Å²) >= 11 is 0. The van der Waals surface area contributed by atoms with Crippen LogP contribution in [0.3, 0.4) is 0 Å². The van der Waals surface area contributed by atoms with Crippen molar-refractivity contribution >= 4 is 55.9 Å². The van der Waals surface area contributed by atoms with E-state index >= 15 is 9.59 Å². The molecule has 4 aromatic rings. The van der Waals surface area contributed by atoms with E-state index in [9.17, 15) is 9.59 Å². The van der Waals surface area contributed by atoms with Gasteiger partial charge in [-0.3, -0.25) is 29.4 Å². The minimum absolute atomic E-state index is 0.260. The molecule has 2 heterocycles. The van der Waals surface area contributed by atoms with Crippen LogP contribution >= 0.6 is 0 Å². The largest absolute Gasteiger partial charge is 0.288 e. The molecular weight excluding hydrogens is 669 g/mol. The van der Waals surface area contributed by atoms with Gasteiger partial charge >= 0.3 is 0 Å². The number of hydrogen-bond donors (Lipinski definition) is 1. The minimum atomic E-state index is -0.437. The second kappa shape index (κ2) is 16.0. The van der Waals surface area contributed by atoms with Crippen LogP contribution in [0.15, 0.2) is 0 Å². The number of fused-ring (bicyclic) bond motifs is 6. The maximum Gasteiger partial charge on any atom is 0.262 e. The van der Waals surface area contributed by atoms with Crippen molar-refractivity contribution in [1.82, 2.24) is 10.2 Å². The molecular formula is C48H62N2O4. The lowest BCUT2D eigenvalue weighted by Crippen LogP contribution is -2.48. The minimum Gasteiger partial charge on any atom is -0.288 e. The van der Waals surface area contributed by atoms with E-state index in [4.69, 9.17) is 0 Å². The molecule has 0 aromatic heterocycles. The van der Waals surface area contributed by atoms with Crippen LogP contribution in [0.25, 0.3) is 32.3 Å². The van der Waals surface area contributed by atoms with Crippen LogP contribution in [-0.2, 0) is 51.4 Å². The first-order valence-corrected chi connectivity index (χ1v) is 21.5. The summed E-state index contributed by atoms with van der Waals surface area (Å²) in [5.41, 5.74) is 11.2. The summed E-state index contributed by atoms with van der Waals surface area (Å²) in [7, 11) is 0. The molecule has 2 aliphatic rings. The lowest BCUT2D eigenvalue weighted by Gasteiger charge is -2.38. The van der Waals surface area contributed by atoms with Gasteiger partial charge in [0, 0.05) is 16.8 Å². The van der Waals surface area contributed by atoms with Crippen LogP contribution in [0, 0.1) is 0 Å². The summed E-state index contributed by atoms with van der Waals surface area (Å²) in [5, 5.41) is 7.07. The van der Waals surface area contributed by atoms with Gasteiger partial charge in [0.25, 0.3) is 23.6 Å². The molecule has 4 aromatic carbocycles. The number of imide groups is 2. The number of rotatable bonds is 16. The van der Waals surface area contributed by atoms with Crippen molar-refractivity contribution in [2.75, 3.05) is 0 Å². The molecule has 2 aliphatic heterocycles.